The molecule has 0 radical (unpaired) electrons. The average molecular weight is 274 g/mol. The Morgan fingerprint density at radius 3 is 2.88 bits per heavy atom. The van der Waals surface area contributed by atoms with Gasteiger partial charge in [-0.1, -0.05) is 23.2 Å². The molecule has 0 saturated heterocycles. The quantitative estimate of drug-likeness (QED) is 0.887. The lowest BCUT2D eigenvalue weighted by molar-refractivity contribution is 0.0942. The van der Waals surface area contributed by atoms with Gasteiger partial charge in [0.1, 0.15) is 23.0 Å². The van der Waals surface area contributed by atoms with Crippen molar-refractivity contribution in [3.63, 3.8) is 0 Å². The Morgan fingerprint density at radius 2 is 2.35 bits per heavy atom. The minimum atomic E-state index is -0.280. The standard InChI is InChI=1S/C9H9Cl2N5O/c1-16-6(2-5(10)8(16)11)9(17)12-3-7-13-4-14-15-7/h2,4H,3H2,1H3,(H,12,17)(H,13,14,15). The third-order valence-corrected chi connectivity index (χ3v) is 3.07. The number of hydrogen-bond acceptors (Lipinski definition) is 3. The van der Waals surface area contributed by atoms with Crippen LogP contribution in [0.4, 0.5) is 0 Å². The molecule has 0 aliphatic rings. The number of nitrogens with zero attached hydrogens (tertiary/aromatic N) is 3. The monoisotopic (exact) mass is 273 g/mol. The van der Waals surface area contributed by atoms with E-state index < -0.39 is 0 Å². The van der Waals surface area contributed by atoms with Crippen LogP contribution in [0, 0.1) is 0 Å². The Morgan fingerprint density at radius 1 is 1.59 bits per heavy atom. The summed E-state index contributed by atoms with van der Waals surface area (Å²) in [5.41, 5.74) is 0.388. The summed E-state index contributed by atoms with van der Waals surface area (Å²) in [6.07, 6.45) is 1.37. The molecule has 6 nitrogen and oxygen atoms in total. The zero-order chi connectivity index (χ0) is 12.4. The molecule has 0 aliphatic heterocycles. The summed E-state index contributed by atoms with van der Waals surface area (Å²) in [5, 5.41) is 9.66. The maximum Gasteiger partial charge on any atom is 0.268 e. The van der Waals surface area contributed by atoms with Gasteiger partial charge in [0.2, 0.25) is 0 Å². The average Bonchev–Trinajstić information content (AvgIpc) is 2.91. The van der Waals surface area contributed by atoms with Gasteiger partial charge in [-0.2, -0.15) is 5.10 Å². The highest BCUT2D eigenvalue weighted by molar-refractivity contribution is 6.41. The molecule has 2 aromatic heterocycles. The first-order valence-corrected chi connectivity index (χ1v) is 5.48. The van der Waals surface area contributed by atoms with Crippen LogP contribution in [0.2, 0.25) is 10.2 Å². The van der Waals surface area contributed by atoms with E-state index in [1.165, 1.54) is 17.0 Å². The lowest BCUT2D eigenvalue weighted by Crippen LogP contribution is -2.25. The SMILES string of the molecule is Cn1c(C(=O)NCc2ncn[nH]2)cc(Cl)c1Cl. The van der Waals surface area contributed by atoms with Gasteiger partial charge in [0.15, 0.2) is 0 Å². The van der Waals surface area contributed by atoms with Crippen LogP contribution in [-0.2, 0) is 13.6 Å². The van der Waals surface area contributed by atoms with Crippen molar-refractivity contribution in [2.75, 3.05) is 0 Å². The van der Waals surface area contributed by atoms with Crippen molar-refractivity contribution >= 4 is 29.1 Å². The first kappa shape index (κ1) is 11.9. The van der Waals surface area contributed by atoms with E-state index in [4.69, 9.17) is 23.2 Å². The minimum Gasteiger partial charge on any atom is -0.343 e. The predicted octanol–water partition coefficient (Wildman–Crippen LogP) is 1.38. The Kier molecular flexibility index (Phi) is 3.35. The molecule has 8 heteroatoms. The summed E-state index contributed by atoms with van der Waals surface area (Å²) in [5.74, 6) is 0.294. The molecule has 2 heterocycles. The maximum atomic E-state index is 11.8. The molecule has 90 valence electrons. The molecule has 0 atom stereocenters. The zero-order valence-corrected chi connectivity index (χ0v) is 10.4. The zero-order valence-electron chi connectivity index (χ0n) is 8.87. The molecular formula is C9H9Cl2N5O. The van der Waals surface area contributed by atoms with Crippen molar-refractivity contribution in [2.24, 2.45) is 7.05 Å². The molecule has 0 fully saturated rings. The van der Waals surface area contributed by atoms with Gasteiger partial charge in [0, 0.05) is 7.05 Å². The summed E-state index contributed by atoms with van der Waals surface area (Å²) in [4.78, 5) is 15.7. The maximum absolute atomic E-state index is 11.8. The van der Waals surface area contributed by atoms with Crippen molar-refractivity contribution in [1.29, 1.82) is 0 Å². The van der Waals surface area contributed by atoms with Gasteiger partial charge in [0.05, 0.1) is 11.6 Å². The van der Waals surface area contributed by atoms with Gasteiger partial charge in [-0.3, -0.25) is 9.89 Å². The smallest absolute Gasteiger partial charge is 0.268 e. The van der Waals surface area contributed by atoms with Gasteiger partial charge >= 0.3 is 0 Å². The normalized spacial score (nSPS) is 10.5. The van der Waals surface area contributed by atoms with Gasteiger partial charge in [0.25, 0.3) is 5.91 Å². The predicted molar refractivity (Wildman–Crippen MR) is 63.0 cm³/mol. The third-order valence-electron chi connectivity index (χ3n) is 2.23. The molecule has 0 saturated carbocycles. The highest BCUT2D eigenvalue weighted by atomic mass is 35.5. The summed E-state index contributed by atoms with van der Waals surface area (Å²) < 4.78 is 1.51. The molecule has 0 unspecified atom stereocenters. The van der Waals surface area contributed by atoms with Gasteiger partial charge < -0.3 is 9.88 Å². The molecule has 2 aromatic rings. The lowest BCUT2D eigenvalue weighted by atomic mass is 10.4. The fourth-order valence-electron chi connectivity index (χ4n) is 1.33. The summed E-state index contributed by atoms with van der Waals surface area (Å²) >= 11 is 11.7. The number of aromatic nitrogens is 4. The summed E-state index contributed by atoms with van der Waals surface area (Å²) in [6.45, 7) is 0.263. The highest BCUT2D eigenvalue weighted by Gasteiger charge is 2.15. The molecule has 1 amide bonds. The number of aromatic amines is 1. The third kappa shape index (κ3) is 2.42. The number of nitrogens with one attached hydrogen (secondary N) is 2. The van der Waals surface area contributed by atoms with Crippen LogP contribution in [0.1, 0.15) is 16.3 Å². The van der Waals surface area contributed by atoms with Crippen molar-refractivity contribution in [2.45, 2.75) is 6.54 Å². The van der Waals surface area contributed by atoms with E-state index in [-0.39, 0.29) is 12.5 Å². The first-order valence-electron chi connectivity index (χ1n) is 4.72. The molecule has 17 heavy (non-hydrogen) atoms. The van der Waals surface area contributed by atoms with Crippen molar-refractivity contribution < 1.29 is 4.79 Å². The van der Waals surface area contributed by atoms with Crippen molar-refractivity contribution in [3.05, 3.63) is 34.1 Å². The minimum absolute atomic E-state index is 0.263. The Labute approximate surface area is 107 Å². The molecule has 2 N–H and O–H groups in total. The van der Waals surface area contributed by atoms with Crippen LogP contribution in [0.3, 0.4) is 0 Å². The van der Waals surface area contributed by atoms with Gasteiger partial charge in [-0.15, -0.1) is 0 Å². The van der Waals surface area contributed by atoms with Gasteiger partial charge in [-0.05, 0) is 6.07 Å². The number of halogens is 2. The second-order valence-corrected chi connectivity index (χ2v) is 4.11. The van der Waals surface area contributed by atoms with Crippen LogP contribution in [-0.4, -0.2) is 25.7 Å². The molecule has 0 bridgehead atoms. The Hall–Kier alpha value is -1.53. The first-order chi connectivity index (χ1) is 8.09. The summed E-state index contributed by atoms with van der Waals surface area (Å²) in [7, 11) is 1.66. The fourth-order valence-corrected chi connectivity index (χ4v) is 1.71. The number of amides is 1. The number of hydrogen-bond donors (Lipinski definition) is 2. The number of rotatable bonds is 3. The van der Waals surface area contributed by atoms with Crippen LogP contribution in [0.25, 0.3) is 0 Å². The molecule has 2 rings (SSSR count). The highest BCUT2D eigenvalue weighted by Crippen LogP contribution is 2.24. The second-order valence-electron chi connectivity index (χ2n) is 3.34. The molecule has 0 aliphatic carbocycles. The van der Waals surface area contributed by atoms with Crippen LogP contribution < -0.4 is 5.32 Å². The Bertz CT molecular complexity index is 534. The van der Waals surface area contributed by atoms with E-state index >= 15 is 0 Å². The second kappa shape index (κ2) is 4.77. The lowest BCUT2D eigenvalue weighted by Gasteiger charge is -2.04. The van der Waals surface area contributed by atoms with Gasteiger partial charge in [-0.25, -0.2) is 4.98 Å². The van der Waals surface area contributed by atoms with E-state index in [2.05, 4.69) is 20.5 Å². The van der Waals surface area contributed by atoms with E-state index in [1.807, 2.05) is 0 Å². The Balaban J connectivity index is 2.07. The van der Waals surface area contributed by atoms with E-state index in [9.17, 15) is 4.79 Å². The summed E-state index contributed by atoms with van der Waals surface area (Å²) in [6, 6.07) is 1.51. The van der Waals surface area contributed by atoms with Crippen LogP contribution in [0.15, 0.2) is 12.4 Å². The fraction of sp³-hybridized carbons (Fsp3) is 0.222. The number of H-pyrrole nitrogens is 1. The largest absolute Gasteiger partial charge is 0.343 e. The van der Waals surface area contributed by atoms with Crippen molar-refractivity contribution in [1.82, 2.24) is 25.1 Å². The van der Waals surface area contributed by atoms with E-state index in [1.54, 1.807) is 7.05 Å². The molecule has 0 spiro atoms. The number of carbonyl (C=O) groups excluding carboxylic acids is 1. The number of carbonyl (C=O) groups is 1. The topological polar surface area (TPSA) is 75.6 Å². The molecule has 0 aromatic carbocycles. The molecular weight excluding hydrogens is 265 g/mol. The van der Waals surface area contributed by atoms with Crippen LogP contribution in [0.5, 0.6) is 0 Å². The van der Waals surface area contributed by atoms with E-state index in [0.29, 0.717) is 21.7 Å². The van der Waals surface area contributed by atoms with E-state index in [0.717, 1.165) is 0 Å². The van der Waals surface area contributed by atoms with Crippen molar-refractivity contribution in [3.8, 4) is 0 Å². The van der Waals surface area contributed by atoms with Crippen LogP contribution >= 0.6 is 23.2 Å².